The van der Waals surface area contributed by atoms with Crippen molar-refractivity contribution in [1.29, 1.82) is 0 Å². The number of nitrogens with zero attached hydrogens (tertiary/aromatic N) is 4. The van der Waals surface area contributed by atoms with Crippen LogP contribution in [0.4, 0.5) is 15.2 Å². The highest BCUT2D eigenvalue weighted by Gasteiger charge is 2.22. The summed E-state index contributed by atoms with van der Waals surface area (Å²) in [5.74, 6) is -1.02. The normalized spacial score (nSPS) is 14.4. The van der Waals surface area contributed by atoms with Gasteiger partial charge in [-0.25, -0.2) is 9.37 Å². The molecule has 186 valence electrons. The van der Waals surface area contributed by atoms with Crippen LogP contribution in [0.2, 0.25) is 0 Å². The zero-order chi connectivity index (χ0) is 25.4. The number of likely N-dealkylation sites (N-methyl/N-ethyl adjacent to an activating group) is 1. The minimum absolute atomic E-state index is 0.0449. The van der Waals surface area contributed by atoms with Crippen molar-refractivity contribution in [3.05, 3.63) is 74.1 Å². The highest BCUT2D eigenvalue weighted by Crippen LogP contribution is 2.28. The fourth-order valence-corrected chi connectivity index (χ4v) is 5.34. The second-order valence-electron chi connectivity index (χ2n) is 8.77. The number of piperazine rings is 1. The van der Waals surface area contributed by atoms with Crippen molar-refractivity contribution in [3.63, 3.8) is 0 Å². The average Bonchev–Trinajstić information content (AvgIpc) is 3.33. The van der Waals surface area contributed by atoms with Gasteiger partial charge in [0.05, 0.1) is 16.9 Å². The summed E-state index contributed by atoms with van der Waals surface area (Å²) in [5, 5.41) is 5.16. The number of nitrogens with one attached hydrogen (secondary N) is 1. The Morgan fingerprint density at radius 1 is 1.17 bits per heavy atom. The molecule has 5 rings (SSSR count). The van der Waals surface area contributed by atoms with E-state index in [0.717, 1.165) is 28.8 Å². The van der Waals surface area contributed by atoms with E-state index in [1.807, 2.05) is 53.1 Å². The van der Waals surface area contributed by atoms with E-state index in [2.05, 4.69) is 31.1 Å². The Morgan fingerprint density at radius 2 is 1.89 bits per heavy atom. The SMILES string of the molecule is CCn1cc(C(=O)Nc2nc(-c3ccc(Br)cc3)cs2)c(=O)c2cc(F)c(N3CCN(C)CC3)cc21. The van der Waals surface area contributed by atoms with Gasteiger partial charge in [-0.1, -0.05) is 28.1 Å². The van der Waals surface area contributed by atoms with Crippen LogP contribution in [0.5, 0.6) is 0 Å². The van der Waals surface area contributed by atoms with Gasteiger partial charge in [0.15, 0.2) is 5.13 Å². The number of hydrogen-bond acceptors (Lipinski definition) is 6. The zero-order valence-electron chi connectivity index (χ0n) is 19.9. The average molecular weight is 570 g/mol. The van der Waals surface area contributed by atoms with Crippen LogP contribution >= 0.6 is 27.3 Å². The number of fused-ring (bicyclic) bond motifs is 1. The molecule has 3 heterocycles. The van der Waals surface area contributed by atoms with Gasteiger partial charge in [-0.2, -0.15) is 0 Å². The van der Waals surface area contributed by atoms with Crippen LogP contribution < -0.4 is 15.6 Å². The van der Waals surface area contributed by atoms with E-state index in [1.165, 1.54) is 17.4 Å². The fourth-order valence-electron chi connectivity index (χ4n) is 4.36. The van der Waals surface area contributed by atoms with Crippen molar-refractivity contribution in [2.24, 2.45) is 0 Å². The molecule has 2 aromatic carbocycles. The monoisotopic (exact) mass is 569 g/mol. The lowest BCUT2D eigenvalue weighted by molar-refractivity contribution is 0.102. The number of rotatable bonds is 5. The summed E-state index contributed by atoms with van der Waals surface area (Å²) < 4.78 is 18.0. The smallest absolute Gasteiger partial charge is 0.262 e. The van der Waals surface area contributed by atoms with E-state index < -0.39 is 17.2 Å². The number of halogens is 2. The summed E-state index contributed by atoms with van der Waals surface area (Å²) in [6, 6.07) is 10.7. The van der Waals surface area contributed by atoms with Gasteiger partial charge in [0.1, 0.15) is 11.4 Å². The topological polar surface area (TPSA) is 70.5 Å². The first-order valence-electron chi connectivity index (χ1n) is 11.7. The Hall–Kier alpha value is -3.08. The van der Waals surface area contributed by atoms with Crippen LogP contribution in [-0.4, -0.2) is 53.6 Å². The summed E-state index contributed by atoms with van der Waals surface area (Å²) in [4.78, 5) is 35.1. The van der Waals surface area contributed by atoms with Crippen molar-refractivity contribution in [2.75, 3.05) is 43.4 Å². The third-order valence-electron chi connectivity index (χ3n) is 6.44. The summed E-state index contributed by atoms with van der Waals surface area (Å²) in [6.45, 7) is 5.57. The van der Waals surface area contributed by atoms with Crippen molar-refractivity contribution < 1.29 is 9.18 Å². The molecule has 7 nitrogen and oxygen atoms in total. The molecule has 10 heteroatoms. The van der Waals surface area contributed by atoms with Gasteiger partial charge in [-0.3, -0.25) is 14.9 Å². The molecule has 4 aromatic rings. The third kappa shape index (κ3) is 4.80. The first-order valence-corrected chi connectivity index (χ1v) is 13.3. The van der Waals surface area contributed by atoms with Crippen molar-refractivity contribution in [2.45, 2.75) is 13.5 Å². The number of carbonyl (C=O) groups is 1. The molecule has 1 aliphatic heterocycles. The number of carbonyl (C=O) groups excluding carboxylic acids is 1. The lowest BCUT2D eigenvalue weighted by atomic mass is 10.1. The maximum Gasteiger partial charge on any atom is 0.262 e. The first-order chi connectivity index (χ1) is 17.3. The second-order valence-corrected chi connectivity index (χ2v) is 10.5. The molecule has 1 fully saturated rings. The van der Waals surface area contributed by atoms with Gasteiger partial charge in [-0.05, 0) is 38.2 Å². The molecule has 0 radical (unpaired) electrons. The lowest BCUT2D eigenvalue weighted by Crippen LogP contribution is -2.44. The number of aryl methyl sites for hydroxylation is 1. The molecule has 0 atom stereocenters. The summed E-state index contributed by atoms with van der Waals surface area (Å²) in [7, 11) is 2.04. The van der Waals surface area contributed by atoms with Crippen LogP contribution in [-0.2, 0) is 6.54 Å². The molecule has 1 N–H and O–H groups in total. The Labute approximate surface area is 220 Å². The molecule has 1 saturated heterocycles. The van der Waals surface area contributed by atoms with Gasteiger partial charge in [-0.15, -0.1) is 11.3 Å². The highest BCUT2D eigenvalue weighted by atomic mass is 79.9. The second kappa shape index (κ2) is 10.1. The molecule has 0 unspecified atom stereocenters. The standard InChI is InChI=1S/C26H25BrFN5O2S/c1-3-32-14-19(25(35)30-26-29-21(15-36-26)16-4-6-17(27)7-5-16)24(34)18-12-20(28)23(13-22(18)32)33-10-8-31(2)9-11-33/h4-7,12-15H,3,8-11H2,1-2H3,(H,29,30,35). The van der Waals surface area contributed by atoms with E-state index in [-0.39, 0.29) is 10.9 Å². The number of thiazole rings is 1. The van der Waals surface area contributed by atoms with E-state index in [0.29, 0.717) is 36.0 Å². The number of anilines is 2. The lowest BCUT2D eigenvalue weighted by Gasteiger charge is -2.34. The molecule has 0 saturated carbocycles. The van der Waals surface area contributed by atoms with Crippen molar-refractivity contribution >= 4 is 54.9 Å². The van der Waals surface area contributed by atoms with Gasteiger partial charge in [0, 0.05) is 59.7 Å². The van der Waals surface area contributed by atoms with Crippen LogP contribution in [0.3, 0.4) is 0 Å². The van der Waals surface area contributed by atoms with Crippen LogP contribution in [0.15, 0.2) is 57.2 Å². The molecule has 1 aliphatic rings. The van der Waals surface area contributed by atoms with Gasteiger partial charge in [0.2, 0.25) is 5.43 Å². The van der Waals surface area contributed by atoms with Gasteiger partial charge >= 0.3 is 0 Å². The number of hydrogen-bond donors (Lipinski definition) is 1. The fraction of sp³-hybridized carbons (Fsp3) is 0.269. The number of pyridine rings is 1. The van der Waals surface area contributed by atoms with Gasteiger partial charge < -0.3 is 14.4 Å². The Morgan fingerprint density at radius 3 is 2.58 bits per heavy atom. The van der Waals surface area contributed by atoms with Crippen molar-refractivity contribution in [3.8, 4) is 11.3 Å². The number of benzene rings is 2. The Kier molecular flexibility index (Phi) is 6.92. The molecular formula is C26H25BrFN5O2S. The maximum absolute atomic E-state index is 15.2. The van der Waals surface area contributed by atoms with E-state index in [1.54, 1.807) is 12.3 Å². The van der Waals surface area contributed by atoms with E-state index >= 15 is 4.39 Å². The van der Waals surface area contributed by atoms with Crippen LogP contribution in [0.25, 0.3) is 22.2 Å². The minimum atomic E-state index is -0.565. The quantitative estimate of drug-likeness (QED) is 0.364. The Bertz CT molecular complexity index is 1490. The number of aromatic nitrogens is 2. The predicted molar refractivity (Wildman–Crippen MR) is 147 cm³/mol. The van der Waals surface area contributed by atoms with Crippen molar-refractivity contribution in [1.82, 2.24) is 14.5 Å². The predicted octanol–water partition coefficient (Wildman–Crippen LogP) is 5.05. The van der Waals surface area contributed by atoms with Crippen LogP contribution in [0.1, 0.15) is 17.3 Å². The highest BCUT2D eigenvalue weighted by molar-refractivity contribution is 9.10. The number of amides is 1. The van der Waals surface area contributed by atoms with E-state index in [4.69, 9.17) is 0 Å². The summed E-state index contributed by atoms with van der Waals surface area (Å²) in [5.41, 5.74) is 2.20. The molecule has 0 aliphatic carbocycles. The molecule has 0 spiro atoms. The van der Waals surface area contributed by atoms with E-state index in [9.17, 15) is 9.59 Å². The third-order valence-corrected chi connectivity index (χ3v) is 7.73. The molecule has 1 amide bonds. The molecule has 36 heavy (non-hydrogen) atoms. The minimum Gasteiger partial charge on any atom is -0.367 e. The van der Waals surface area contributed by atoms with Crippen LogP contribution in [0, 0.1) is 5.82 Å². The summed E-state index contributed by atoms with van der Waals surface area (Å²) in [6.07, 6.45) is 1.55. The first kappa shape index (κ1) is 24.6. The van der Waals surface area contributed by atoms with Gasteiger partial charge in [0.25, 0.3) is 5.91 Å². The molecule has 0 bridgehead atoms. The Balaban J connectivity index is 1.46. The summed E-state index contributed by atoms with van der Waals surface area (Å²) >= 11 is 4.69. The largest absolute Gasteiger partial charge is 0.367 e. The molecule has 2 aromatic heterocycles. The maximum atomic E-state index is 15.2. The molecular weight excluding hydrogens is 545 g/mol. The zero-order valence-corrected chi connectivity index (χ0v) is 22.3.